The van der Waals surface area contributed by atoms with Crippen molar-refractivity contribution >= 4 is 40.4 Å². The van der Waals surface area contributed by atoms with Gasteiger partial charge in [-0.05, 0) is 34.7 Å². The van der Waals surface area contributed by atoms with Gasteiger partial charge in [-0.15, -0.1) is 0 Å². The first kappa shape index (κ1) is 29.0. The van der Waals surface area contributed by atoms with Gasteiger partial charge in [0.1, 0.15) is 37.5 Å². The van der Waals surface area contributed by atoms with E-state index in [0.29, 0.717) is 0 Å². The molecule has 5 atom stereocenters. The molecule has 0 radical (unpaired) electrons. The third-order valence-electron chi connectivity index (χ3n) is 5.29. The van der Waals surface area contributed by atoms with Crippen LogP contribution in [0.5, 0.6) is 0 Å². The maximum absolute atomic E-state index is 12.1. The van der Waals surface area contributed by atoms with E-state index in [1.54, 1.807) is 0 Å². The standard InChI is InChI=1S/C28H28O9S/c1-18(30)34-17-24-25(35-19(2)31)26(33-15-9-5-4-8-14-29)27(36-20(3)32)28(37-24)38-23-13-12-21-10-6-7-11-22(21)16-23/h6-7,10-13,16,24-29H,14-15,17H2,1-3H3/t24-,25+,26+,27-,28+/m1/s1. The number of hydrogen-bond donors (Lipinski definition) is 1. The SMILES string of the molecule is CC(=O)OC[C@H]1O[C@@H](Sc2ccc3ccccc3c2)[C@H](OC(C)=O)[C@@H](OCC#CC#CCO)[C@H]1OC(C)=O. The molecule has 10 heteroatoms. The van der Waals surface area contributed by atoms with Crippen LogP contribution in [0.15, 0.2) is 47.4 Å². The molecule has 0 aliphatic carbocycles. The Bertz CT molecular complexity index is 1270. The Labute approximate surface area is 225 Å². The summed E-state index contributed by atoms with van der Waals surface area (Å²) in [4.78, 5) is 36.5. The molecule has 1 fully saturated rings. The fourth-order valence-corrected chi connectivity index (χ4v) is 4.98. The number of hydrogen-bond acceptors (Lipinski definition) is 10. The zero-order chi connectivity index (χ0) is 27.5. The van der Waals surface area contributed by atoms with Crippen LogP contribution in [0, 0.1) is 23.7 Å². The van der Waals surface area contributed by atoms with E-state index >= 15 is 0 Å². The first-order chi connectivity index (χ1) is 18.3. The van der Waals surface area contributed by atoms with Gasteiger partial charge in [-0.3, -0.25) is 14.4 Å². The van der Waals surface area contributed by atoms with Crippen molar-refractivity contribution in [1.82, 2.24) is 0 Å². The van der Waals surface area contributed by atoms with Gasteiger partial charge in [0.05, 0.1) is 0 Å². The molecule has 1 aliphatic rings. The van der Waals surface area contributed by atoms with E-state index in [-0.39, 0.29) is 19.8 Å². The van der Waals surface area contributed by atoms with Crippen molar-refractivity contribution in [3.05, 3.63) is 42.5 Å². The van der Waals surface area contributed by atoms with Gasteiger partial charge < -0.3 is 28.8 Å². The van der Waals surface area contributed by atoms with Gasteiger partial charge in [-0.1, -0.05) is 53.9 Å². The number of esters is 3. The van der Waals surface area contributed by atoms with Gasteiger partial charge in [0, 0.05) is 25.7 Å². The second kappa shape index (κ2) is 14.4. The predicted molar refractivity (Wildman–Crippen MR) is 139 cm³/mol. The quantitative estimate of drug-likeness (QED) is 0.304. The van der Waals surface area contributed by atoms with E-state index in [1.807, 2.05) is 42.5 Å². The lowest BCUT2D eigenvalue weighted by Gasteiger charge is -2.44. The Hall–Kier alpha value is -3.54. The zero-order valence-corrected chi connectivity index (χ0v) is 22.0. The summed E-state index contributed by atoms with van der Waals surface area (Å²) in [5.74, 6) is 8.35. The van der Waals surface area contributed by atoms with Crippen molar-refractivity contribution in [2.45, 2.75) is 55.5 Å². The smallest absolute Gasteiger partial charge is 0.303 e. The number of aliphatic hydroxyl groups excluding tert-OH is 1. The molecule has 9 nitrogen and oxygen atoms in total. The van der Waals surface area contributed by atoms with Gasteiger partial charge >= 0.3 is 17.9 Å². The molecule has 200 valence electrons. The van der Waals surface area contributed by atoms with E-state index in [4.69, 9.17) is 28.8 Å². The van der Waals surface area contributed by atoms with Crippen LogP contribution in [0.2, 0.25) is 0 Å². The average molecular weight is 541 g/mol. The lowest BCUT2D eigenvalue weighted by atomic mass is 9.99. The summed E-state index contributed by atoms with van der Waals surface area (Å²) in [6.07, 6.45) is -4.00. The second-order valence-corrected chi connectivity index (χ2v) is 9.33. The minimum Gasteiger partial charge on any atom is -0.463 e. The first-order valence-electron chi connectivity index (χ1n) is 11.8. The van der Waals surface area contributed by atoms with Crippen LogP contribution < -0.4 is 0 Å². The molecule has 0 amide bonds. The number of carbonyl (C=O) groups is 3. The molecule has 2 aromatic carbocycles. The van der Waals surface area contributed by atoms with Gasteiger partial charge in [0.15, 0.2) is 12.2 Å². The fourth-order valence-electron chi connectivity index (χ4n) is 3.82. The van der Waals surface area contributed by atoms with E-state index in [0.717, 1.165) is 15.7 Å². The molecule has 1 N–H and O–H groups in total. The maximum atomic E-state index is 12.1. The summed E-state index contributed by atoms with van der Waals surface area (Å²) in [7, 11) is 0. The van der Waals surface area contributed by atoms with E-state index in [2.05, 4.69) is 23.7 Å². The Kier molecular flexibility index (Phi) is 11.0. The van der Waals surface area contributed by atoms with Crippen molar-refractivity contribution < 1.29 is 43.2 Å². The Balaban J connectivity index is 1.97. The third kappa shape index (κ3) is 8.51. The van der Waals surface area contributed by atoms with Crippen molar-refractivity contribution in [2.24, 2.45) is 0 Å². The molecule has 0 aromatic heterocycles. The highest BCUT2D eigenvalue weighted by Crippen LogP contribution is 2.38. The van der Waals surface area contributed by atoms with Gasteiger partial charge in [0.2, 0.25) is 0 Å². The highest BCUT2D eigenvalue weighted by atomic mass is 32.2. The fraction of sp³-hybridized carbons (Fsp3) is 0.393. The molecule has 0 bridgehead atoms. The van der Waals surface area contributed by atoms with Gasteiger partial charge in [-0.2, -0.15) is 0 Å². The second-order valence-electron chi connectivity index (χ2n) is 8.16. The van der Waals surface area contributed by atoms with Crippen LogP contribution >= 0.6 is 11.8 Å². The molecule has 1 heterocycles. The van der Waals surface area contributed by atoms with Crippen molar-refractivity contribution in [1.29, 1.82) is 0 Å². The molecule has 0 saturated carbocycles. The van der Waals surface area contributed by atoms with Crippen molar-refractivity contribution in [2.75, 3.05) is 19.8 Å². The minimum absolute atomic E-state index is 0.145. The largest absolute Gasteiger partial charge is 0.463 e. The minimum atomic E-state index is -1.07. The summed E-state index contributed by atoms with van der Waals surface area (Å²) in [6, 6.07) is 13.7. The van der Waals surface area contributed by atoms with Crippen LogP contribution in [0.1, 0.15) is 20.8 Å². The maximum Gasteiger partial charge on any atom is 0.303 e. The molecule has 1 saturated heterocycles. The van der Waals surface area contributed by atoms with Crippen molar-refractivity contribution in [3.8, 4) is 23.7 Å². The van der Waals surface area contributed by atoms with Crippen LogP contribution in [0.4, 0.5) is 0 Å². The topological polar surface area (TPSA) is 118 Å². The average Bonchev–Trinajstić information content (AvgIpc) is 2.87. The zero-order valence-electron chi connectivity index (χ0n) is 21.2. The lowest BCUT2D eigenvalue weighted by molar-refractivity contribution is -0.237. The van der Waals surface area contributed by atoms with E-state index in [9.17, 15) is 14.4 Å². The number of fused-ring (bicyclic) bond motifs is 1. The Morgan fingerprint density at radius 1 is 0.895 bits per heavy atom. The third-order valence-corrected chi connectivity index (χ3v) is 6.42. The number of carbonyl (C=O) groups excluding carboxylic acids is 3. The monoisotopic (exact) mass is 540 g/mol. The Morgan fingerprint density at radius 3 is 2.26 bits per heavy atom. The van der Waals surface area contributed by atoms with Crippen molar-refractivity contribution in [3.63, 3.8) is 0 Å². The van der Waals surface area contributed by atoms with Gasteiger partial charge in [0.25, 0.3) is 0 Å². The number of thioether (sulfide) groups is 1. The highest BCUT2D eigenvalue weighted by Gasteiger charge is 2.51. The van der Waals surface area contributed by atoms with E-state index < -0.39 is 47.8 Å². The molecule has 0 spiro atoms. The number of ether oxygens (including phenoxy) is 5. The van der Waals surface area contributed by atoms with Crippen LogP contribution in [-0.4, -0.2) is 72.7 Å². The summed E-state index contributed by atoms with van der Waals surface area (Å²) in [5.41, 5.74) is -0.806. The summed E-state index contributed by atoms with van der Waals surface area (Å²) in [5, 5.41) is 10.8. The number of benzene rings is 2. The Morgan fingerprint density at radius 2 is 1.58 bits per heavy atom. The molecular formula is C28H28O9S. The van der Waals surface area contributed by atoms with E-state index in [1.165, 1.54) is 32.5 Å². The molecule has 38 heavy (non-hydrogen) atoms. The molecular weight excluding hydrogens is 512 g/mol. The lowest BCUT2D eigenvalue weighted by Crippen LogP contribution is -2.61. The molecule has 0 unspecified atom stereocenters. The summed E-state index contributed by atoms with van der Waals surface area (Å²) in [6.45, 7) is 3.04. The van der Waals surface area contributed by atoms with Crippen LogP contribution in [-0.2, 0) is 38.1 Å². The normalized spacial score (nSPS) is 22.3. The van der Waals surface area contributed by atoms with Gasteiger partial charge in [-0.25, -0.2) is 0 Å². The predicted octanol–water partition coefficient (Wildman–Crippen LogP) is 2.47. The summed E-state index contributed by atoms with van der Waals surface area (Å²) < 4.78 is 28.6. The summed E-state index contributed by atoms with van der Waals surface area (Å²) >= 11 is 1.30. The number of rotatable bonds is 8. The van der Waals surface area contributed by atoms with Crippen LogP contribution in [0.25, 0.3) is 10.8 Å². The number of aliphatic hydroxyl groups is 1. The highest BCUT2D eigenvalue weighted by molar-refractivity contribution is 7.99. The van der Waals surface area contributed by atoms with Crippen LogP contribution in [0.3, 0.4) is 0 Å². The first-order valence-corrected chi connectivity index (χ1v) is 12.6. The molecule has 3 rings (SSSR count). The molecule has 2 aromatic rings. The molecule has 1 aliphatic heterocycles.